The van der Waals surface area contributed by atoms with E-state index >= 15 is 0 Å². The van der Waals surface area contributed by atoms with E-state index in [4.69, 9.17) is 17.0 Å². The average Bonchev–Trinajstić information content (AvgIpc) is 3.27. The standard InChI is InChI=1S/C26H26Br2N6O2S/c1-5-33(6-2)17-7-9-18(10-8-17)34-31-22-11-15(3)21(14-23(22)32-34)29-26(37)30-25(35)19-12-16(27)13-20(28)24(19)36-4/h7-14H,5-6H2,1-4H3,(H2,29,30,35,37). The fourth-order valence-electron chi connectivity index (χ4n) is 3.96. The summed E-state index contributed by atoms with van der Waals surface area (Å²) in [6, 6.07) is 15.5. The predicted molar refractivity (Wildman–Crippen MR) is 159 cm³/mol. The van der Waals surface area contributed by atoms with Gasteiger partial charge in [-0.25, -0.2) is 0 Å². The van der Waals surface area contributed by atoms with Gasteiger partial charge in [0, 0.05) is 28.9 Å². The van der Waals surface area contributed by atoms with Crippen LogP contribution in [0.15, 0.2) is 57.5 Å². The molecular formula is C26H26Br2N6O2S. The minimum Gasteiger partial charge on any atom is -0.495 e. The molecule has 0 fully saturated rings. The minimum atomic E-state index is -0.394. The number of halogens is 2. The van der Waals surface area contributed by atoms with E-state index in [1.54, 1.807) is 16.9 Å². The van der Waals surface area contributed by atoms with Crippen LogP contribution in [0.5, 0.6) is 5.75 Å². The first-order valence-corrected chi connectivity index (χ1v) is 13.6. The number of carbonyl (C=O) groups excluding carboxylic acids is 1. The molecular weight excluding hydrogens is 620 g/mol. The lowest BCUT2D eigenvalue weighted by molar-refractivity contribution is 0.0974. The van der Waals surface area contributed by atoms with E-state index in [1.165, 1.54) is 7.11 Å². The zero-order valence-corrected chi connectivity index (χ0v) is 24.8. The van der Waals surface area contributed by atoms with Crippen molar-refractivity contribution in [2.45, 2.75) is 20.8 Å². The molecule has 0 spiro atoms. The van der Waals surface area contributed by atoms with Crippen LogP contribution in [0.25, 0.3) is 16.7 Å². The number of hydrogen-bond acceptors (Lipinski definition) is 6. The van der Waals surface area contributed by atoms with Crippen LogP contribution in [0.3, 0.4) is 0 Å². The van der Waals surface area contributed by atoms with Crippen molar-refractivity contribution in [2.24, 2.45) is 0 Å². The van der Waals surface area contributed by atoms with Crippen molar-refractivity contribution in [3.8, 4) is 11.4 Å². The van der Waals surface area contributed by atoms with Gasteiger partial charge in [0.25, 0.3) is 5.91 Å². The molecule has 1 heterocycles. The first-order chi connectivity index (χ1) is 17.7. The molecule has 11 heteroatoms. The van der Waals surface area contributed by atoms with Crippen LogP contribution in [0, 0.1) is 6.92 Å². The van der Waals surface area contributed by atoms with Gasteiger partial charge in [0.1, 0.15) is 16.8 Å². The number of aryl methyl sites for hydroxylation is 1. The molecule has 3 aromatic carbocycles. The largest absolute Gasteiger partial charge is 0.495 e. The van der Waals surface area contributed by atoms with Crippen molar-refractivity contribution < 1.29 is 9.53 Å². The molecule has 0 saturated carbocycles. The molecule has 1 amide bonds. The molecule has 8 nitrogen and oxygen atoms in total. The van der Waals surface area contributed by atoms with Gasteiger partial charge in [-0.3, -0.25) is 10.1 Å². The van der Waals surface area contributed by atoms with Crippen LogP contribution >= 0.6 is 44.1 Å². The van der Waals surface area contributed by atoms with Crippen LogP contribution in [-0.4, -0.2) is 46.2 Å². The van der Waals surface area contributed by atoms with Crippen LogP contribution in [0.4, 0.5) is 11.4 Å². The van der Waals surface area contributed by atoms with E-state index in [-0.39, 0.29) is 5.11 Å². The molecule has 4 rings (SSSR count). The van der Waals surface area contributed by atoms with Crippen LogP contribution in [0.1, 0.15) is 29.8 Å². The molecule has 192 valence electrons. The highest BCUT2D eigenvalue weighted by atomic mass is 79.9. The van der Waals surface area contributed by atoms with Crippen molar-refractivity contribution in [3.63, 3.8) is 0 Å². The summed E-state index contributed by atoms with van der Waals surface area (Å²) >= 11 is 12.2. The molecule has 0 unspecified atom stereocenters. The number of nitrogens with zero attached hydrogens (tertiary/aromatic N) is 4. The maximum absolute atomic E-state index is 12.9. The molecule has 0 bridgehead atoms. The number of methoxy groups -OCH3 is 1. The number of aromatic nitrogens is 3. The van der Waals surface area contributed by atoms with Crippen molar-refractivity contribution in [3.05, 3.63) is 68.6 Å². The summed E-state index contributed by atoms with van der Waals surface area (Å²) in [5, 5.41) is 15.3. The van der Waals surface area contributed by atoms with Gasteiger partial charge < -0.3 is 15.0 Å². The van der Waals surface area contributed by atoms with Crippen molar-refractivity contribution in [1.29, 1.82) is 0 Å². The fraction of sp³-hybridized carbons (Fsp3) is 0.231. The van der Waals surface area contributed by atoms with Crippen LogP contribution in [-0.2, 0) is 0 Å². The predicted octanol–water partition coefficient (Wildman–Crippen LogP) is 6.24. The Morgan fingerprint density at radius 2 is 1.70 bits per heavy atom. The van der Waals surface area contributed by atoms with Gasteiger partial charge >= 0.3 is 0 Å². The molecule has 0 radical (unpaired) electrons. The normalized spacial score (nSPS) is 10.9. The van der Waals surface area contributed by atoms with E-state index in [1.807, 2.05) is 31.2 Å². The summed E-state index contributed by atoms with van der Waals surface area (Å²) in [5.41, 5.74) is 5.48. The molecule has 0 aliphatic carbocycles. The van der Waals surface area contributed by atoms with Gasteiger partial charge in [-0.2, -0.15) is 4.80 Å². The molecule has 2 N–H and O–H groups in total. The summed E-state index contributed by atoms with van der Waals surface area (Å²) in [5.74, 6) is 0.0250. The topological polar surface area (TPSA) is 84.3 Å². The molecule has 0 atom stereocenters. The number of amides is 1. The second-order valence-electron chi connectivity index (χ2n) is 8.21. The van der Waals surface area contributed by atoms with E-state index in [0.717, 1.165) is 45.7 Å². The van der Waals surface area contributed by atoms with E-state index in [0.29, 0.717) is 21.3 Å². The first kappa shape index (κ1) is 27.0. The van der Waals surface area contributed by atoms with E-state index < -0.39 is 5.91 Å². The summed E-state index contributed by atoms with van der Waals surface area (Å²) in [7, 11) is 1.51. The highest BCUT2D eigenvalue weighted by molar-refractivity contribution is 9.11. The van der Waals surface area contributed by atoms with Crippen molar-refractivity contribution in [1.82, 2.24) is 20.3 Å². The Balaban J connectivity index is 1.52. The van der Waals surface area contributed by atoms with Crippen molar-refractivity contribution in [2.75, 3.05) is 30.4 Å². The maximum atomic E-state index is 12.9. The molecule has 4 aromatic rings. The van der Waals surface area contributed by atoms with Gasteiger partial charge in [-0.1, -0.05) is 15.9 Å². The van der Waals surface area contributed by atoms with Gasteiger partial charge in [-0.05, 0) is 103 Å². The number of fused-ring (bicyclic) bond motifs is 1. The maximum Gasteiger partial charge on any atom is 0.261 e. The third-order valence-corrected chi connectivity index (χ3v) is 7.12. The summed E-state index contributed by atoms with van der Waals surface area (Å²) in [6.07, 6.45) is 0. The fourth-order valence-corrected chi connectivity index (χ4v) is 5.55. The molecule has 0 aliphatic heterocycles. The molecule has 1 aromatic heterocycles. The molecule has 0 aliphatic rings. The number of hydrogen-bond donors (Lipinski definition) is 2. The number of benzene rings is 3. The Morgan fingerprint density at radius 1 is 1.05 bits per heavy atom. The lowest BCUT2D eigenvalue weighted by Crippen LogP contribution is -2.34. The summed E-state index contributed by atoms with van der Waals surface area (Å²) < 4.78 is 6.76. The molecule has 0 saturated heterocycles. The van der Waals surface area contributed by atoms with Gasteiger partial charge in [0.2, 0.25) is 0 Å². The number of nitrogens with one attached hydrogen (secondary N) is 2. The van der Waals surface area contributed by atoms with E-state index in [2.05, 4.69) is 83.6 Å². The highest BCUT2D eigenvalue weighted by Crippen LogP contribution is 2.32. The molecule has 37 heavy (non-hydrogen) atoms. The number of carbonyl (C=O) groups is 1. The number of rotatable bonds is 7. The highest BCUT2D eigenvalue weighted by Gasteiger charge is 2.18. The lowest BCUT2D eigenvalue weighted by Gasteiger charge is -2.20. The summed E-state index contributed by atoms with van der Waals surface area (Å²) in [6.45, 7) is 8.12. The number of anilines is 2. The zero-order chi connectivity index (χ0) is 26.7. The number of thiocarbonyl (C=S) groups is 1. The smallest absolute Gasteiger partial charge is 0.261 e. The van der Waals surface area contributed by atoms with Crippen LogP contribution in [0.2, 0.25) is 0 Å². The Kier molecular flexibility index (Phi) is 8.46. The monoisotopic (exact) mass is 644 g/mol. The quantitative estimate of drug-likeness (QED) is 0.230. The lowest BCUT2D eigenvalue weighted by atomic mass is 10.1. The Bertz CT molecular complexity index is 1470. The third kappa shape index (κ3) is 5.94. The van der Waals surface area contributed by atoms with E-state index in [9.17, 15) is 4.79 Å². The Labute approximate surface area is 237 Å². The van der Waals surface area contributed by atoms with Crippen molar-refractivity contribution >= 4 is 77.5 Å². The number of ether oxygens (including phenoxy) is 1. The first-order valence-electron chi connectivity index (χ1n) is 11.6. The van der Waals surface area contributed by atoms with Gasteiger partial charge in [0.15, 0.2) is 5.11 Å². The second kappa shape index (κ2) is 11.6. The Hall–Kier alpha value is -3.02. The van der Waals surface area contributed by atoms with Gasteiger partial charge in [-0.15, -0.1) is 10.2 Å². The average molecular weight is 646 g/mol. The summed E-state index contributed by atoms with van der Waals surface area (Å²) in [4.78, 5) is 16.8. The van der Waals surface area contributed by atoms with Gasteiger partial charge in [0.05, 0.1) is 22.8 Å². The SMILES string of the molecule is CCN(CC)c1ccc(-n2nc3cc(C)c(NC(=S)NC(=O)c4cc(Br)cc(Br)c4OC)cc3n2)cc1. The van der Waals surface area contributed by atoms with Crippen LogP contribution < -0.4 is 20.3 Å². The minimum absolute atomic E-state index is 0.157. The third-order valence-electron chi connectivity index (χ3n) is 5.87. The zero-order valence-electron chi connectivity index (χ0n) is 20.8. The Morgan fingerprint density at radius 3 is 2.32 bits per heavy atom. The second-order valence-corrected chi connectivity index (χ2v) is 10.4.